The van der Waals surface area contributed by atoms with Crippen molar-refractivity contribution in [2.24, 2.45) is 0 Å². The van der Waals surface area contributed by atoms with Crippen LogP contribution in [0, 0.1) is 11.3 Å². The molecule has 4 aromatic rings. The number of likely N-dealkylation sites (tertiary alicyclic amines) is 1. The summed E-state index contributed by atoms with van der Waals surface area (Å²) in [4.78, 5) is 46.0. The predicted octanol–water partition coefficient (Wildman–Crippen LogP) is 4.79. The fourth-order valence-corrected chi connectivity index (χ4v) is 6.41. The molecule has 2 atom stereocenters. The van der Waals surface area contributed by atoms with E-state index in [2.05, 4.69) is 26.6 Å². The first-order valence-corrected chi connectivity index (χ1v) is 15.7. The van der Waals surface area contributed by atoms with E-state index in [9.17, 15) is 19.6 Å². The van der Waals surface area contributed by atoms with Gasteiger partial charge >= 0.3 is 0 Å². The molecule has 0 radical (unpaired) electrons. The Morgan fingerprint density at radius 1 is 1.21 bits per heavy atom. The number of hydrogen-bond donors (Lipinski definition) is 2. The molecule has 2 aromatic heterocycles. The van der Waals surface area contributed by atoms with E-state index in [1.54, 1.807) is 0 Å². The molecule has 0 bridgehead atoms. The average molecular weight is 665 g/mol. The summed E-state index contributed by atoms with van der Waals surface area (Å²) < 4.78 is 11.3. The number of nitriles is 1. The lowest BCUT2D eigenvalue weighted by atomic mass is 9.83. The number of carbonyl (C=O) groups is 3. The monoisotopic (exact) mass is 664 g/mol. The van der Waals surface area contributed by atoms with Gasteiger partial charge in [-0.3, -0.25) is 24.3 Å². The maximum absolute atomic E-state index is 13.3. The number of rotatable bonds is 10. The summed E-state index contributed by atoms with van der Waals surface area (Å²) >= 11 is 7.19. The number of methoxy groups -OCH3 is 1. The number of nitrogens with one attached hydrogen (secondary N) is 2. The Morgan fingerprint density at radius 2 is 2.00 bits per heavy atom. The van der Waals surface area contributed by atoms with Crippen molar-refractivity contribution in [1.82, 2.24) is 25.5 Å². The van der Waals surface area contributed by atoms with E-state index in [1.165, 1.54) is 26.3 Å². The Labute approximate surface area is 282 Å². The Kier molecular flexibility index (Phi) is 9.24. The van der Waals surface area contributed by atoms with Crippen molar-refractivity contribution in [1.29, 1.82) is 5.26 Å². The molecule has 2 unspecified atom stereocenters. The lowest BCUT2D eigenvalue weighted by Gasteiger charge is -2.39. The van der Waals surface area contributed by atoms with Crippen molar-refractivity contribution in [3.05, 3.63) is 100 Å². The number of amides is 2. The zero-order valence-electron chi connectivity index (χ0n) is 26.6. The van der Waals surface area contributed by atoms with Crippen LogP contribution in [0.5, 0.6) is 0 Å². The first kappa shape index (κ1) is 32.8. The highest BCUT2D eigenvalue weighted by Gasteiger charge is 2.38. The van der Waals surface area contributed by atoms with Gasteiger partial charge in [-0.25, -0.2) is 4.98 Å². The van der Waals surface area contributed by atoms with E-state index < -0.39 is 16.8 Å². The molecule has 2 N–H and O–H groups in total. The number of nitrogens with zero attached hydrogens (tertiary/aromatic N) is 4. The van der Waals surface area contributed by atoms with Gasteiger partial charge in [-0.2, -0.15) is 5.26 Å². The Hall–Kier alpha value is -5.15. The fraction of sp³-hybridized carbons (Fsp3) is 0.278. The predicted molar refractivity (Wildman–Crippen MR) is 180 cm³/mol. The molecule has 244 valence electrons. The number of fused-ring (bicyclic) bond motifs is 1. The van der Waals surface area contributed by atoms with Crippen LogP contribution in [0.25, 0.3) is 28.1 Å². The number of benzene rings is 2. The van der Waals surface area contributed by atoms with Gasteiger partial charge in [-0.05, 0) is 59.5 Å². The second-order valence-corrected chi connectivity index (χ2v) is 12.9. The van der Waals surface area contributed by atoms with Crippen LogP contribution < -0.4 is 10.6 Å². The molecule has 0 saturated carbocycles. The van der Waals surface area contributed by atoms with Crippen molar-refractivity contribution >= 4 is 46.4 Å². The van der Waals surface area contributed by atoms with E-state index in [0.717, 1.165) is 29.8 Å². The summed E-state index contributed by atoms with van der Waals surface area (Å²) in [7, 11) is 1.51. The normalized spacial score (nSPS) is 19.3. The fourth-order valence-electron chi connectivity index (χ4n) is 6.11. The molecule has 6 rings (SSSR count). The number of alkyl halides is 1. The minimum absolute atomic E-state index is 0.0425. The Balaban J connectivity index is 1.21. The molecule has 1 fully saturated rings. The number of allylic oxidation sites excluding steroid dienone is 2. The van der Waals surface area contributed by atoms with E-state index >= 15 is 0 Å². The highest BCUT2D eigenvalue weighted by atomic mass is 35.5. The number of aromatic nitrogens is 2. The molecule has 2 aliphatic rings. The Bertz CT molecular complexity index is 2020. The SMILES string of the molecule is COCc1cc(C(=O)NC2C=CC=C(c3cccc(-c4nc5cc(CN6CC(NC(C)=O)C6)cc(C#N)c5o4)c3)C2(C)Cl)ncc1C=O. The molecule has 1 aliphatic heterocycles. The molecule has 1 saturated heterocycles. The summed E-state index contributed by atoms with van der Waals surface area (Å²) in [5.74, 6) is -0.124. The van der Waals surface area contributed by atoms with Crippen LogP contribution in [-0.2, 0) is 22.7 Å². The van der Waals surface area contributed by atoms with Crippen LogP contribution in [0.3, 0.4) is 0 Å². The number of oxazole rings is 1. The third kappa shape index (κ3) is 6.64. The quantitative estimate of drug-likeness (QED) is 0.180. The van der Waals surface area contributed by atoms with Gasteiger partial charge in [0.2, 0.25) is 11.8 Å². The molecule has 2 amide bonds. The second-order valence-electron chi connectivity index (χ2n) is 12.1. The van der Waals surface area contributed by atoms with E-state index in [-0.39, 0.29) is 24.2 Å². The van der Waals surface area contributed by atoms with Crippen LogP contribution in [0.1, 0.15) is 56.9 Å². The van der Waals surface area contributed by atoms with Gasteiger partial charge in [0.25, 0.3) is 5.91 Å². The number of ether oxygens (including phenoxy) is 1. The standard InChI is InChI=1S/C36H33ClN6O5/c1-21(45)40-28-17-43(18-28)16-22-10-25(14-38)33-30(11-22)41-35(48-33)24-7-4-6-23(12-24)29-8-5-9-32(36(29,2)37)42-34(46)31-13-26(20-47-3)27(19-44)15-39-31/h4-13,15,19,28,32H,16-18,20H2,1-3H3,(H,40,45)(H,42,46). The first-order valence-electron chi connectivity index (χ1n) is 15.3. The van der Waals surface area contributed by atoms with Crippen LogP contribution in [0.15, 0.2) is 71.3 Å². The highest BCUT2D eigenvalue weighted by Crippen LogP contribution is 2.40. The highest BCUT2D eigenvalue weighted by molar-refractivity contribution is 6.31. The maximum atomic E-state index is 13.3. The van der Waals surface area contributed by atoms with Crippen LogP contribution in [0.2, 0.25) is 0 Å². The van der Waals surface area contributed by atoms with Crippen LogP contribution in [-0.4, -0.2) is 70.1 Å². The molecule has 2 aromatic carbocycles. The maximum Gasteiger partial charge on any atom is 0.270 e. The summed E-state index contributed by atoms with van der Waals surface area (Å²) in [6.07, 6.45) is 7.59. The van der Waals surface area contributed by atoms with E-state index in [0.29, 0.717) is 52.1 Å². The van der Waals surface area contributed by atoms with Gasteiger partial charge in [0.1, 0.15) is 17.3 Å². The number of halogens is 1. The van der Waals surface area contributed by atoms with Gasteiger partial charge in [0.05, 0.1) is 29.1 Å². The molecular formula is C36H33ClN6O5. The van der Waals surface area contributed by atoms with Crippen molar-refractivity contribution < 1.29 is 23.5 Å². The molecule has 1 aliphatic carbocycles. The largest absolute Gasteiger partial charge is 0.435 e. The summed E-state index contributed by atoms with van der Waals surface area (Å²) in [6, 6.07) is 14.7. The van der Waals surface area contributed by atoms with Gasteiger partial charge in [0.15, 0.2) is 11.9 Å². The van der Waals surface area contributed by atoms with Crippen LogP contribution in [0.4, 0.5) is 0 Å². The van der Waals surface area contributed by atoms with Crippen molar-refractivity contribution in [3.63, 3.8) is 0 Å². The zero-order valence-corrected chi connectivity index (χ0v) is 27.4. The second kappa shape index (κ2) is 13.5. The number of pyridine rings is 1. The van der Waals surface area contributed by atoms with E-state index in [1.807, 2.05) is 61.5 Å². The lowest BCUT2D eigenvalue weighted by Crippen LogP contribution is -2.58. The van der Waals surface area contributed by atoms with Gasteiger partial charge in [-0.1, -0.05) is 30.4 Å². The van der Waals surface area contributed by atoms with E-state index in [4.69, 9.17) is 25.7 Å². The van der Waals surface area contributed by atoms with Gasteiger partial charge in [-0.15, -0.1) is 11.6 Å². The average Bonchev–Trinajstić information content (AvgIpc) is 3.48. The summed E-state index contributed by atoms with van der Waals surface area (Å²) in [6.45, 7) is 5.62. The third-order valence-electron chi connectivity index (χ3n) is 8.51. The first-order chi connectivity index (χ1) is 23.1. The smallest absolute Gasteiger partial charge is 0.270 e. The molecule has 3 heterocycles. The molecule has 48 heavy (non-hydrogen) atoms. The lowest BCUT2D eigenvalue weighted by molar-refractivity contribution is -0.120. The van der Waals surface area contributed by atoms with Gasteiger partial charge in [0, 0.05) is 51.0 Å². The molecule has 11 nitrogen and oxygen atoms in total. The molecular weight excluding hydrogens is 632 g/mol. The third-order valence-corrected chi connectivity index (χ3v) is 8.95. The van der Waals surface area contributed by atoms with Crippen molar-refractivity contribution in [2.45, 2.75) is 44.0 Å². The van der Waals surface area contributed by atoms with Crippen molar-refractivity contribution in [2.75, 3.05) is 20.2 Å². The topological polar surface area (TPSA) is 150 Å². The van der Waals surface area contributed by atoms with Crippen molar-refractivity contribution in [3.8, 4) is 17.5 Å². The molecule has 12 heteroatoms. The summed E-state index contributed by atoms with van der Waals surface area (Å²) in [5, 5.41) is 15.8. The molecule has 0 spiro atoms. The minimum Gasteiger partial charge on any atom is -0.435 e. The zero-order chi connectivity index (χ0) is 34.0. The Morgan fingerprint density at radius 3 is 2.73 bits per heavy atom. The minimum atomic E-state index is -1.04. The number of carbonyl (C=O) groups excluding carboxylic acids is 3. The number of aldehydes is 1. The summed E-state index contributed by atoms with van der Waals surface area (Å²) in [5.41, 5.74) is 5.65. The van der Waals surface area contributed by atoms with Gasteiger partial charge < -0.3 is 19.8 Å². The van der Waals surface area contributed by atoms with Crippen LogP contribution >= 0.6 is 11.6 Å². The number of hydrogen-bond acceptors (Lipinski definition) is 9.